The van der Waals surface area contributed by atoms with E-state index in [9.17, 15) is 9.59 Å². The van der Waals surface area contributed by atoms with E-state index in [1.165, 1.54) is 0 Å². The number of ether oxygens (including phenoxy) is 1. The Morgan fingerprint density at radius 3 is 2.79 bits per heavy atom. The molecule has 0 fully saturated rings. The summed E-state index contributed by atoms with van der Waals surface area (Å²) in [5.41, 5.74) is 1.10. The summed E-state index contributed by atoms with van der Waals surface area (Å²) in [6, 6.07) is 7.36. The average Bonchev–Trinajstić information content (AvgIpc) is 2.42. The Morgan fingerprint density at radius 2 is 2.16 bits per heavy atom. The van der Waals surface area contributed by atoms with Crippen LogP contribution in [-0.2, 0) is 16.0 Å². The zero-order valence-corrected chi connectivity index (χ0v) is 10.6. The van der Waals surface area contributed by atoms with E-state index in [1.54, 1.807) is 6.07 Å². The van der Waals surface area contributed by atoms with E-state index < -0.39 is 18.0 Å². The van der Waals surface area contributed by atoms with Crippen molar-refractivity contribution in [3.8, 4) is 5.75 Å². The van der Waals surface area contributed by atoms with Crippen molar-refractivity contribution in [1.29, 1.82) is 0 Å². The van der Waals surface area contributed by atoms with Crippen LogP contribution in [0.25, 0.3) is 0 Å². The summed E-state index contributed by atoms with van der Waals surface area (Å²) in [7, 11) is 0. The van der Waals surface area contributed by atoms with Crippen molar-refractivity contribution < 1.29 is 24.5 Å². The summed E-state index contributed by atoms with van der Waals surface area (Å²) < 4.78 is 5.26. The van der Waals surface area contributed by atoms with Gasteiger partial charge in [-0.25, -0.2) is 4.79 Å². The van der Waals surface area contributed by atoms with Crippen LogP contribution in [0.3, 0.4) is 0 Å². The van der Waals surface area contributed by atoms with E-state index in [2.05, 4.69) is 5.32 Å². The number of hydrogen-bond acceptors (Lipinski definition) is 4. The average molecular weight is 267 g/mol. The van der Waals surface area contributed by atoms with Crippen LogP contribution in [0.15, 0.2) is 24.3 Å². The van der Waals surface area contributed by atoms with Crippen molar-refractivity contribution in [1.82, 2.24) is 5.32 Å². The first kappa shape index (κ1) is 15.0. The molecule has 0 aliphatic carbocycles. The number of carboxylic acid groups (broad SMARTS) is 1. The highest BCUT2D eigenvalue weighted by Gasteiger charge is 2.14. The van der Waals surface area contributed by atoms with Crippen LogP contribution in [0, 0.1) is 0 Å². The lowest BCUT2D eigenvalue weighted by molar-refractivity contribution is -0.146. The number of hydrogen-bond donors (Lipinski definition) is 3. The minimum atomic E-state index is -1.60. The molecule has 19 heavy (non-hydrogen) atoms. The second-order valence-corrected chi connectivity index (χ2v) is 3.95. The van der Waals surface area contributed by atoms with Gasteiger partial charge in [0, 0.05) is 0 Å². The lowest BCUT2D eigenvalue weighted by atomic mass is 10.2. The third-order valence-corrected chi connectivity index (χ3v) is 2.45. The molecule has 1 aromatic carbocycles. The number of aliphatic carboxylic acids is 1. The second-order valence-electron chi connectivity index (χ2n) is 3.95. The van der Waals surface area contributed by atoms with E-state index in [4.69, 9.17) is 14.9 Å². The molecule has 0 radical (unpaired) electrons. The normalized spacial score (nSPS) is 11.7. The van der Waals surface area contributed by atoms with E-state index in [1.807, 2.05) is 25.1 Å². The molecule has 104 valence electrons. The Labute approximate surface area is 111 Å². The van der Waals surface area contributed by atoms with Gasteiger partial charge in [-0.2, -0.15) is 0 Å². The van der Waals surface area contributed by atoms with Crippen molar-refractivity contribution >= 4 is 11.9 Å². The third-order valence-electron chi connectivity index (χ3n) is 2.45. The predicted molar refractivity (Wildman–Crippen MR) is 68.0 cm³/mol. The number of nitrogens with one attached hydrogen (secondary N) is 1. The molecule has 0 aliphatic heterocycles. The maximum atomic E-state index is 11.4. The molecule has 6 nitrogen and oxygen atoms in total. The molecule has 1 rings (SSSR count). The number of amides is 1. The van der Waals surface area contributed by atoms with Gasteiger partial charge in [0.2, 0.25) is 0 Å². The largest absolute Gasteiger partial charge is 0.484 e. The smallest absolute Gasteiger partial charge is 0.334 e. The van der Waals surface area contributed by atoms with E-state index in [-0.39, 0.29) is 13.2 Å². The Balaban J connectivity index is 2.35. The molecule has 6 heteroatoms. The van der Waals surface area contributed by atoms with Gasteiger partial charge in [0.1, 0.15) is 5.75 Å². The van der Waals surface area contributed by atoms with Crippen LogP contribution < -0.4 is 10.1 Å². The number of aliphatic hydroxyl groups is 1. The highest BCUT2D eigenvalue weighted by molar-refractivity contribution is 5.79. The molecule has 0 bridgehead atoms. The fourth-order valence-electron chi connectivity index (χ4n) is 1.35. The fraction of sp³-hybridized carbons (Fsp3) is 0.385. The van der Waals surface area contributed by atoms with Gasteiger partial charge in [0.05, 0.1) is 6.54 Å². The summed E-state index contributed by atoms with van der Waals surface area (Å²) in [6.45, 7) is 1.45. The molecule has 1 amide bonds. The van der Waals surface area contributed by atoms with Crippen LogP contribution in [0.2, 0.25) is 0 Å². The minimum Gasteiger partial charge on any atom is -0.484 e. The second kappa shape index (κ2) is 7.38. The number of carboxylic acids is 1. The first-order valence-corrected chi connectivity index (χ1v) is 5.92. The number of benzene rings is 1. The van der Waals surface area contributed by atoms with Crippen molar-refractivity contribution in [3.63, 3.8) is 0 Å². The summed E-state index contributed by atoms with van der Waals surface area (Å²) in [6.07, 6.45) is -0.735. The molecule has 0 aliphatic rings. The van der Waals surface area contributed by atoms with Gasteiger partial charge in [-0.3, -0.25) is 4.79 Å². The summed E-state index contributed by atoms with van der Waals surface area (Å²) >= 11 is 0. The van der Waals surface area contributed by atoms with Gasteiger partial charge >= 0.3 is 5.97 Å². The van der Waals surface area contributed by atoms with Crippen molar-refractivity contribution in [3.05, 3.63) is 29.8 Å². The number of aliphatic hydroxyl groups excluding tert-OH is 1. The zero-order valence-electron chi connectivity index (χ0n) is 10.6. The lowest BCUT2D eigenvalue weighted by Crippen LogP contribution is -2.38. The van der Waals surface area contributed by atoms with Gasteiger partial charge in [0.25, 0.3) is 5.91 Å². The molecule has 0 unspecified atom stereocenters. The highest BCUT2D eigenvalue weighted by Crippen LogP contribution is 2.13. The molecule has 0 saturated carbocycles. The molecule has 3 N–H and O–H groups in total. The Bertz CT molecular complexity index is 446. The Kier molecular flexibility index (Phi) is 5.81. The first-order chi connectivity index (χ1) is 9.02. The van der Waals surface area contributed by atoms with Gasteiger partial charge < -0.3 is 20.3 Å². The maximum absolute atomic E-state index is 11.4. The van der Waals surface area contributed by atoms with Gasteiger partial charge in [-0.05, 0) is 24.1 Å². The minimum absolute atomic E-state index is 0.223. The Morgan fingerprint density at radius 1 is 1.42 bits per heavy atom. The van der Waals surface area contributed by atoms with Gasteiger partial charge in [0.15, 0.2) is 12.7 Å². The lowest BCUT2D eigenvalue weighted by Gasteiger charge is -2.09. The molecule has 0 spiro atoms. The van der Waals surface area contributed by atoms with E-state index >= 15 is 0 Å². The molecule has 0 aromatic heterocycles. The topological polar surface area (TPSA) is 95.9 Å². The van der Waals surface area contributed by atoms with Crippen molar-refractivity contribution in [2.75, 3.05) is 13.2 Å². The van der Waals surface area contributed by atoms with E-state index in [0.29, 0.717) is 5.75 Å². The van der Waals surface area contributed by atoms with Crippen LogP contribution in [-0.4, -0.2) is 41.3 Å². The monoisotopic (exact) mass is 267 g/mol. The SMILES string of the molecule is CCc1cccc(OCC(=O)NC[C@H](O)C(=O)O)c1. The molecule has 1 atom stereocenters. The van der Waals surface area contributed by atoms with Crippen molar-refractivity contribution in [2.45, 2.75) is 19.4 Å². The zero-order chi connectivity index (χ0) is 14.3. The standard InChI is InChI=1S/C13H17NO5/c1-2-9-4-3-5-10(6-9)19-8-12(16)14-7-11(15)13(17)18/h3-6,11,15H,2,7-8H2,1H3,(H,14,16)(H,17,18)/t11-/m0/s1. The molecular weight excluding hydrogens is 250 g/mol. The van der Waals surface area contributed by atoms with Gasteiger partial charge in [-0.15, -0.1) is 0 Å². The van der Waals surface area contributed by atoms with Crippen LogP contribution >= 0.6 is 0 Å². The molecule has 0 saturated heterocycles. The van der Waals surface area contributed by atoms with Crippen LogP contribution in [0.5, 0.6) is 5.75 Å². The highest BCUT2D eigenvalue weighted by atomic mass is 16.5. The molecule has 0 heterocycles. The summed E-state index contributed by atoms with van der Waals surface area (Å²) in [5.74, 6) is -1.28. The number of aryl methyl sites for hydroxylation is 1. The third kappa shape index (κ3) is 5.39. The molecule has 1 aromatic rings. The number of carbonyl (C=O) groups excluding carboxylic acids is 1. The van der Waals surface area contributed by atoms with Crippen molar-refractivity contribution in [2.24, 2.45) is 0 Å². The first-order valence-electron chi connectivity index (χ1n) is 5.92. The molecular formula is C13H17NO5. The number of rotatable bonds is 7. The number of carbonyl (C=O) groups is 2. The van der Waals surface area contributed by atoms with Crippen LogP contribution in [0.4, 0.5) is 0 Å². The summed E-state index contributed by atoms with van der Waals surface area (Å²) in [5, 5.41) is 19.7. The fourth-order valence-corrected chi connectivity index (χ4v) is 1.35. The van der Waals surface area contributed by atoms with Gasteiger partial charge in [-0.1, -0.05) is 19.1 Å². The predicted octanol–water partition coefficient (Wildman–Crippen LogP) is 0.189. The Hall–Kier alpha value is -2.08. The maximum Gasteiger partial charge on any atom is 0.334 e. The van der Waals surface area contributed by atoms with E-state index in [0.717, 1.165) is 12.0 Å². The van der Waals surface area contributed by atoms with Crippen LogP contribution in [0.1, 0.15) is 12.5 Å². The summed E-state index contributed by atoms with van der Waals surface area (Å²) in [4.78, 5) is 21.7. The quantitative estimate of drug-likeness (QED) is 0.655.